The first-order valence-electron chi connectivity index (χ1n) is 10.1. The van der Waals surface area contributed by atoms with Gasteiger partial charge in [-0.05, 0) is 38.0 Å². The van der Waals surface area contributed by atoms with E-state index in [4.69, 9.17) is 0 Å². The average Bonchev–Trinajstić information content (AvgIpc) is 3.22. The third-order valence-corrected chi connectivity index (χ3v) is 5.64. The summed E-state index contributed by atoms with van der Waals surface area (Å²) in [4.78, 5) is 28.4. The van der Waals surface area contributed by atoms with Crippen molar-refractivity contribution in [3.63, 3.8) is 0 Å². The predicted molar refractivity (Wildman–Crippen MR) is 120 cm³/mol. The van der Waals surface area contributed by atoms with Gasteiger partial charge in [-0.1, -0.05) is 32.0 Å². The number of para-hydroxylation sites is 1. The smallest absolute Gasteiger partial charge is 0.265 e. The highest BCUT2D eigenvalue weighted by atomic mass is 32.1. The first kappa shape index (κ1) is 20.9. The number of nitrogens with one attached hydrogen (secondary N) is 1. The van der Waals surface area contributed by atoms with Crippen LogP contribution in [0.1, 0.15) is 54.4 Å². The Balaban J connectivity index is 0.00000104. The fourth-order valence-electron chi connectivity index (χ4n) is 3.31. The fraction of sp³-hybridized carbons (Fsp3) is 0.364. The SMILES string of the molecule is CC.Cc1ncc(C(=O)N2CCC(c3ccnc(Nc4ccccc4)n3)CC2)s1.[HH]. The monoisotopic (exact) mass is 411 g/mol. The number of aromatic nitrogens is 3. The first-order chi connectivity index (χ1) is 14.2. The average molecular weight is 412 g/mol. The van der Waals surface area contributed by atoms with Crippen LogP contribution in [0, 0.1) is 6.92 Å². The standard InChI is InChI=1S/C20H21N5OS.C2H6.H2/c1-14-22-13-18(27-14)19(26)25-11-8-15(9-12-25)17-7-10-21-20(24-17)23-16-5-3-2-4-6-16;1-2;/h2-7,10,13,15H,8-9,11-12H2,1H3,(H,21,23,24);1-2H3;1H. The van der Waals surface area contributed by atoms with Crippen LogP contribution in [0.2, 0.25) is 0 Å². The molecular weight excluding hydrogens is 382 g/mol. The molecule has 6 nitrogen and oxygen atoms in total. The summed E-state index contributed by atoms with van der Waals surface area (Å²) in [5.74, 6) is 1.04. The molecule has 29 heavy (non-hydrogen) atoms. The van der Waals surface area contributed by atoms with Gasteiger partial charge < -0.3 is 10.2 Å². The van der Waals surface area contributed by atoms with E-state index >= 15 is 0 Å². The minimum absolute atomic E-state index is 0. The van der Waals surface area contributed by atoms with Gasteiger partial charge in [0.15, 0.2) is 0 Å². The van der Waals surface area contributed by atoms with Crippen molar-refractivity contribution in [3.8, 4) is 0 Å². The van der Waals surface area contributed by atoms with E-state index in [0.29, 0.717) is 11.9 Å². The molecule has 0 unspecified atom stereocenters. The van der Waals surface area contributed by atoms with Crippen molar-refractivity contribution >= 4 is 28.9 Å². The zero-order valence-corrected chi connectivity index (χ0v) is 17.9. The van der Waals surface area contributed by atoms with Crippen LogP contribution >= 0.6 is 11.3 Å². The summed E-state index contributed by atoms with van der Waals surface area (Å²) in [6, 6.07) is 11.9. The minimum atomic E-state index is 0. The maximum absolute atomic E-state index is 12.6. The van der Waals surface area contributed by atoms with E-state index in [9.17, 15) is 4.79 Å². The van der Waals surface area contributed by atoms with Gasteiger partial charge in [0.1, 0.15) is 4.88 Å². The summed E-state index contributed by atoms with van der Waals surface area (Å²) >= 11 is 1.46. The Morgan fingerprint density at radius 1 is 1.14 bits per heavy atom. The maximum atomic E-state index is 12.6. The Labute approximate surface area is 177 Å². The van der Waals surface area contributed by atoms with Crippen molar-refractivity contribution in [2.24, 2.45) is 0 Å². The molecule has 1 N–H and O–H groups in total. The molecule has 0 atom stereocenters. The molecule has 0 aliphatic carbocycles. The molecule has 4 rings (SSSR count). The Morgan fingerprint density at radius 3 is 2.52 bits per heavy atom. The van der Waals surface area contributed by atoms with E-state index in [2.05, 4.69) is 20.3 Å². The number of carbonyl (C=O) groups excluding carboxylic acids is 1. The molecule has 1 saturated heterocycles. The van der Waals surface area contributed by atoms with E-state index in [1.165, 1.54) is 11.3 Å². The summed E-state index contributed by atoms with van der Waals surface area (Å²) in [5.41, 5.74) is 2.00. The second-order valence-corrected chi connectivity index (χ2v) is 7.84. The number of hydrogen-bond donors (Lipinski definition) is 1. The number of amides is 1. The number of likely N-dealkylation sites (tertiary alicyclic amines) is 1. The van der Waals surface area contributed by atoms with Crippen LogP contribution in [0.15, 0.2) is 48.8 Å². The molecule has 0 spiro atoms. The van der Waals surface area contributed by atoms with E-state index in [-0.39, 0.29) is 7.33 Å². The van der Waals surface area contributed by atoms with Crippen molar-refractivity contribution < 1.29 is 6.22 Å². The van der Waals surface area contributed by atoms with Gasteiger partial charge in [-0.15, -0.1) is 11.3 Å². The second-order valence-electron chi connectivity index (χ2n) is 6.61. The minimum Gasteiger partial charge on any atom is -0.338 e. The number of benzene rings is 1. The number of hydrogen-bond acceptors (Lipinski definition) is 6. The van der Waals surface area contributed by atoms with Gasteiger partial charge in [-0.25, -0.2) is 15.0 Å². The molecule has 0 radical (unpaired) electrons. The van der Waals surface area contributed by atoms with Gasteiger partial charge in [0.25, 0.3) is 5.91 Å². The molecule has 1 fully saturated rings. The molecule has 0 bridgehead atoms. The van der Waals surface area contributed by atoms with E-state index in [0.717, 1.165) is 47.2 Å². The summed E-state index contributed by atoms with van der Waals surface area (Å²) in [7, 11) is 0. The van der Waals surface area contributed by atoms with E-state index in [1.807, 2.05) is 62.1 Å². The number of rotatable bonds is 4. The first-order valence-corrected chi connectivity index (χ1v) is 10.9. The number of thiazole rings is 1. The molecule has 7 heteroatoms. The lowest BCUT2D eigenvalue weighted by Gasteiger charge is -2.31. The number of piperidine rings is 1. The van der Waals surface area contributed by atoms with Crippen molar-refractivity contribution in [1.29, 1.82) is 0 Å². The van der Waals surface area contributed by atoms with Crippen LogP contribution in [0.5, 0.6) is 0 Å². The summed E-state index contributed by atoms with van der Waals surface area (Å²) in [6.45, 7) is 7.40. The molecule has 154 valence electrons. The summed E-state index contributed by atoms with van der Waals surface area (Å²) in [5, 5.41) is 4.17. The second kappa shape index (κ2) is 10.1. The molecule has 1 aliphatic heterocycles. The normalized spacial score (nSPS) is 14.1. The molecule has 3 heterocycles. The van der Waals surface area contributed by atoms with Crippen LogP contribution in [-0.4, -0.2) is 38.8 Å². The Kier molecular flexibility index (Phi) is 7.30. The molecule has 0 saturated carbocycles. The highest BCUT2D eigenvalue weighted by Crippen LogP contribution is 2.28. The number of carbonyl (C=O) groups is 1. The number of aryl methyl sites for hydroxylation is 1. The largest absolute Gasteiger partial charge is 0.338 e. The van der Waals surface area contributed by atoms with E-state index in [1.54, 1.807) is 12.4 Å². The van der Waals surface area contributed by atoms with Crippen LogP contribution in [-0.2, 0) is 0 Å². The lowest BCUT2D eigenvalue weighted by Crippen LogP contribution is -2.37. The van der Waals surface area contributed by atoms with Crippen LogP contribution in [0.25, 0.3) is 0 Å². The quantitative estimate of drug-likeness (QED) is 0.633. The molecule has 2 aromatic heterocycles. The molecular formula is C22H29N5OS. The Bertz CT molecular complexity index is 926. The number of nitrogens with zero attached hydrogens (tertiary/aromatic N) is 4. The maximum Gasteiger partial charge on any atom is 0.265 e. The highest BCUT2D eigenvalue weighted by Gasteiger charge is 2.26. The highest BCUT2D eigenvalue weighted by molar-refractivity contribution is 7.13. The summed E-state index contributed by atoms with van der Waals surface area (Å²) in [6.07, 6.45) is 5.29. The van der Waals surface area contributed by atoms with Crippen LogP contribution < -0.4 is 5.32 Å². The topological polar surface area (TPSA) is 71.0 Å². The van der Waals surface area contributed by atoms with Crippen LogP contribution in [0.4, 0.5) is 11.6 Å². The Hall–Kier alpha value is -2.80. The predicted octanol–water partition coefficient (Wildman–Crippen LogP) is 5.28. The zero-order chi connectivity index (χ0) is 20.6. The molecule has 1 aliphatic rings. The third kappa shape index (κ3) is 5.38. The van der Waals surface area contributed by atoms with E-state index < -0.39 is 0 Å². The zero-order valence-electron chi connectivity index (χ0n) is 17.1. The third-order valence-electron chi connectivity index (χ3n) is 4.74. The van der Waals surface area contributed by atoms with Crippen molar-refractivity contribution in [3.05, 3.63) is 64.4 Å². The van der Waals surface area contributed by atoms with Gasteiger partial charge in [0.05, 0.1) is 11.2 Å². The van der Waals surface area contributed by atoms with Gasteiger partial charge >= 0.3 is 0 Å². The van der Waals surface area contributed by atoms with Gasteiger partial charge in [0, 0.05) is 38.0 Å². The van der Waals surface area contributed by atoms with Gasteiger partial charge in [0.2, 0.25) is 5.95 Å². The molecule has 1 amide bonds. The summed E-state index contributed by atoms with van der Waals surface area (Å²) < 4.78 is 0. The molecule has 1 aromatic carbocycles. The van der Waals surface area contributed by atoms with Gasteiger partial charge in [-0.2, -0.15) is 0 Å². The Morgan fingerprint density at radius 2 is 1.86 bits per heavy atom. The number of anilines is 2. The molecule has 3 aromatic rings. The lowest BCUT2D eigenvalue weighted by atomic mass is 9.93. The van der Waals surface area contributed by atoms with Gasteiger partial charge in [-0.3, -0.25) is 4.79 Å². The van der Waals surface area contributed by atoms with Crippen LogP contribution in [0.3, 0.4) is 0 Å². The van der Waals surface area contributed by atoms with Crippen molar-refractivity contribution in [1.82, 2.24) is 19.9 Å². The van der Waals surface area contributed by atoms with Crippen molar-refractivity contribution in [2.45, 2.75) is 39.5 Å². The fourth-order valence-corrected chi connectivity index (χ4v) is 4.05. The lowest BCUT2D eigenvalue weighted by molar-refractivity contribution is 0.0716. The van der Waals surface area contributed by atoms with Crippen molar-refractivity contribution in [2.75, 3.05) is 18.4 Å².